The van der Waals surface area contributed by atoms with Crippen LogP contribution < -0.4 is 15.3 Å². The summed E-state index contributed by atoms with van der Waals surface area (Å²) in [6.07, 6.45) is 4.49. The zero-order chi connectivity index (χ0) is 12.8. The van der Waals surface area contributed by atoms with Crippen LogP contribution in [-0.2, 0) is 6.42 Å². The lowest BCUT2D eigenvalue weighted by Crippen LogP contribution is -2.22. The predicted octanol–water partition coefficient (Wildman–Crippen LogP) is 2.50. The smallest absolute Gasteiger partial charge is 0.136 e. The van der Waals surface area contributed by atoms with Gasteiger partial charge in [0, 0.05) is 23.4 Å². The molecule has 0 amide bonds. The van der Waals surface area contributed by atoms with E-state index in [1.54, 1.807) is 0 Å². The molecule has 0 radical (unpaired) electrons. The SMILES string of the molecule is Cc1ccc2c(c1)Oc1cc3c(cc1=C2)CCCN=3. The number of rotatable bonds is 0. The Labute approximate surface area is 112 Å². The molecule has 0 aliphatic carbocycles. The molecule has 0 atom stereocenters. The van der Waals surface area contributed by atoms with Crippen molar-refractivity contribution < 1.29 is 4.74 Å². The molecule has 2 aromatic rings. The third-order valence-electron chi connectivity index (χ3n) is 3.80. The van der Waals surface area contributed by atoms with E-state index in [-0.39, 0.29) is 0 Å². The normalized spacial score (nSPS) is 15.2. The van der Waals surface area contributed by atoms with Crippen LogP contribution in [0.25, 0.3) is 6.08 Å². The maximum atomic E-state index is 6.03. The summed E-state index contributed by atoms with van der Waals surface area (Å²) in [5, 5.41) is 2.28. The highest BCUT2D eigenvalue weighted by Crippen LogP contribution is 2.28. The fourth-order valence-corrected chi connectivity index (χ4v) is 2.79. The quantitative estimate of drug-likeness (QED) is 0.600. The van der Waals surface area contributed by atoms with E-state index in [1.807, 2.05) is 0 Å². The van der Waals surface area contributed by atoms with Gasteiger partial charge < -0.3 is 4.74 Å². The average molecular weight is 249 g/mol. The van der Waals surface area contributed by atoms with Crippen LogP contribution in [0.15, 0.2) is 35.3 Å². The first-order chi connectivity index (χ1) is 9.29. The molecule has 19 heavy (non-hydrogen) atoms. The molecular weight excluding hydrogens is 234 g/mol. The minimum Gasteiger partial charge on any atom is -0.456 e. The molecule has 0 saturated carbocycles. The molecule has 0 bridgehead atoms. The Morgan fingerprint density at radius 2 is 2.05 bits per heavy atom. The van der Waals surface area contributed by atoms with Gasteiger partial charge in [-0.2, -0.15) is 0 Å². The molecule has 2 heteroatoms. The van der Waals surface area contributed by atoms with Crippen molar-refractivity contribution in [2.24, 2.45) is 4.99 Å². The van der Waals surface area contributed by atoms with Crippen molar-refractivity contribution in [1.29, 1.82) is 0 Å². The van der Waals surface area contributed by atoms with Gasteiger partial charge in [-0.3, -0.25) is 4.99 Å². The molecule has 2 aromatic carbocycles. The van der Waals surface area contributed by atoms with Crippen LogP contribution in [0.1, 0.15) is 23.1 Å². The van der Waals surface area contributed by atoms with E-state index in [0.717, 1.165) is 41.8 Å². The van der Waals surface area contributed by atoms with Gasteiger partial charge in [-0.15, -0.1) is 0 Å². The average Bonchev–Trinajstić information content (AvgIpc) is 2.43. The number of aryl methyl sites for hydroxylation is 2. The van der Waals surface area contributed by atoms with Crippen molar-refractivity contribution in [2.45, 2.75) is 19.8 Å². The minimum atomic E-state index is 0.933. The summed E-state index contributed by atoms with van der Waals surface area (Å²) in [6, 6.07) is 10.7. The second-order valence-corrected chi connectivity index (χ2v) is 5.29. The summed E-state index contributed by atoms with van der Waals surface area (Å²) >= 11 is 0. The topological polar surface area (TPSA) is 21.6 Å². The predicted molar refractivity (Wildman–Crippen MR) is 75.2 cm³/mol. The third kappa shape index (κ3) is 1.75. The number of fused-ring (bicyclic) bond motifs is 3. The lowest BCUT2D eigenvalue weighted by atomic mass is 10.0. The second-order valence-electron chi connectivity index (χ2n) is 5.29. The zero-order valence-corrected chi connectivity index (χ0v) is 10.9. The van der Waals surface area contributed by atoms with Crippen LogP contribution in [-0.4, -0.2) is 6.54 Å². The highest BCUT2D eigenvalue weighted by molar-refractivity contribution is 5.63. The zero-order valence-electron chi connectivity index (χ0n) is 10.9. The Morgan fingerprint density at radius 1 is 1.11 bits per heavy atom. The van der Waals surface area contributed by atoms with Crippen molar-refractivity contribution in [3.8, 4) is 11.5 Å². The monoisotopic (exact) mass is 249 g/mol. The molecule has 94 valence electrons. The van der Waals surface area contributed by atoms with Gasteiger partial charge in [0.2, 0.25) is 0 Å². The van der Waals surface area contributed by atoms with Gasteiger partial charge in [-0.1, -0.05) is 12.1 Å². The molecule has 2 nitrogen and oxygen atoms in total. The molecule has 0 unspecified atom stereocenters. The standard InChI is InChI=1S/C17H15NO/c1-11-4-5-13-9-14-8-12-3-2-6-18-15(12)10-17(14)19-16(13)7-11/h4-5,7-10H,2-3,6H2,1H3. The molecule has 0 N–H and O–H groups in total. The Bertz CT molecular complexity index is 790. The highest BCUT2D eigenvalue weighted by atomic mass is 16.5. The summed E-state index contributed by atoms with van der Waals surface area (Å²) in [6.45, 7) is 3.02. The fourth-order valence-electron chi connectivity index (χ4n) is 2.79. The molecule has 4 rings (SSSR count). The molecule has 0 saturated heterocycles. The first kappa shape index (κ1) is 10.8. The molecule has 0 spiro atoms. The summed E-state index contributed by atoms with van der Waals surface area (Å²) in [4.78, 5) is 4.58. The molecule has 2 heterocycles. The third-order valence-corrected chi connectivity index (χ3v) is 3.80. The van der Waals surface area contributed by atoms with Gasteiger partial charge in [0.25, 0.3) is 0 Å². The van der Waals surface area contributed by atoms with Crippen LogP contribution in [0.5, 0.6) is 11.5 Å². The van der Waals surface area contributed by atoms with E-state index in [1.165, 1.54) is 16.3 Å². The molecule has 2 aliphatic rings. The second kappa shape index (κ2) is 3.95. The van der Waals surface area contributed by atoms with Crippen molar-refractivity contribution in [1.82, 2.24) is 0 Å². The number of ether oxygens (including phenoxy) is 1. The van der Waals surface area contributed by atoms with Crippen LogP contribution in [0.3, 0.4) is 0 Å². The number of hydrogen-bond donors (Lipinski definition) is 0. The summed E-state index contributed by atoms with van der Waals surface area (Å²) in [5.41, 5.74) is 3.73. The maximum absolute atomic E-state index is 6.03. The van der Waals surface area contributed by atoms with E-state index in [4.69, 9.17) is 4.74 Å². The van der Waals surface area contributed by atoms with Gasteiger partial charge in [-0.05, 0) is 49.1 Å². The van der Waals surface area contributed by atoms with Crippen molar-refractivity contribution in [2.75, 3.05) is 6.54 Å². The largest absolute Gasteiger partial charge is 0.456 e. The van der Waals surface area contributed by atoms with Gasteiger partial charge in [-0.25, -0.2) is 0 Å². The number of benzene rings is 2. The highest BCUT2D eigenvalue weighted by Gasteiger charge is 2.13. The van der Waals surface area contributed by atoms with Gasteiger partial charge in [0.1, 0.15) is 11.5 Å². The lowest BCUT2D eigenvalue weighted by Gasteiger charge is -2.17. The van der Waals surface area contributed by atoms with E-state index in [2.05, 4.69) is 48.3 Å². The summed E-state index contributed by atoms with van der Waals surface area (Å²) in [7, 11) is 0. The molecule has 0 fully saturated rings. The van der Waals surface area contributed by atoms with Crippen LogP contribution in [0, 0.1) is 6.92 Å². The maximum Gasteiger partial charge on any atom is 0.136 e. The molecule has 0 aromatic heterocycles. The van der Waals surface area contributed by atoms with Crippen LogP contribution >= 0.6 is 0 Å². The van der Waals surface area contributed by atoms with Gasteiger partial charge >= 0.3 is 0 Å². The minimum absolute atomic E-state index is 0.933. The first-order valence-corrected chi connectivity index (χ1v) is 6.77. The first-order valence-electron chi connectivity index (χ1n) is 6.77. The number of hydrogen-bond acceptors (Lipinski definition) is 2. The van der Waals surface area contributed by atoms with Crippen LogP contribution in [0.2, 0.25) is 0 Å². The van der Waals surface area contributed by atoms with E-state index in [9.17, 15) is 0 Å². The Kier molecular flexibility index (Phi) is 2.25. The molecule has 2 aliphatic heterocycles. The van der Waals surface area contributed by atoms with Crippen molar-refractivity contribution >= 4 is 6.08 Å². The molecular formula is C17H15NO. The van der Waals surface area contributed by atoms with E-state index < -0.39 is 0 Å². The van der Waals surface area contributed by atoms with E-state index >= 15 is 0 Å². The lowest BCUT2D eigenvalue weighted by molar-refractivity contribution is 0.471. The Morgan fingerprint density at radius 3 is 3.00 bits per heavy atom. The summed E-state index contributed by atoms with van der Waals surface area (Å²) < 4.78 is 6.03. The van der Waals surface area contributed by atoms with Crippen LogP contribution in [0.4, 0.5) is 0 Å². The fraction of sp³-hybridized carbons (Fsp3) is 0.235. The van der Waals surface area contributed by atoms with Crippen molar-refractivity contribution in [3.63, 3.8) is 0 Å². The van der Waals surface area contributed by atoms with E-state index in [0.29, 0.717) is 0 Å². The Hall–Kier alpha value is -2.09. The summed E-state index contributed by atoms with van der Waals surface area (Å²) in [5.74, 6) is 1.88. The van der Waals surface area contributed by atoms with Crippen molar-refractivity contribution in [3.05, 3.63) is 57.6 Å². The van der Waals surface area contributed by atoms with Gasteiger partial charge in [0.05, 0.1) is 5.36 Å². The number of nitrogens with zero attached hydrogens (tertiary/aromatic N) is 1. The van der Waals surface area contributed by atoms with Gasteiger partial charge in [0.15, 0.2) is 0 Å². The Balaban J connectivity index is 1.97.